The van der Waals surface area contributed by atoms with Gasteiger partial charge >= 0.3 is 0 Å². The molecule has 2 N–H and O–H groups in total. The van der Waals surface area contributed by atoms with Crippen molar-refractivity contribution in [2.45, 2.75) is 25.8 Å². The summed E-state index contributed by atoms with van der Waals surface area (Å²) in [6.45, 7) is 4.00. The number of benzene rings is 1. The average molecular weight is 317 g/mol. The van der Waals surface area contributed by atoms with Gasteiger partial charge in [0.2, 0.25) is 0 Å². The van der Waals surface area contributed by atoms with E-state index in [2.05, 4.69) is 10.4 Å². The Morgan fingerprint density at radius 3 is 2.70 bits per heavy atom. The summed E-state index contributed by atoms with van der Waals surface area (Å²) in [6, 6.07) is 9.65. The zero-order valence-corrected chi connectivity index (χ0v) is 13.7. The molecule has 1 amide bonds. The second-order valence-electron chi connectivity index (χ2n) is 5.81. The fourth-order valence-corrected chi connectivity index (χ4v) is 2.54. The Morgan fingerprint density at radius 1 is 1.39 bits per heavy atom. The molecule has 0 spiro atoms. The SMILES string of the molecule is COCC(C)(CCO)NC(=O)c1cnn(-c2ccccc2)c1C. The highest BCUT2D eigenvalue weighted by Crippen LogP contribution is 2.16. The van der Waals surface area contributed by atoms with Gasteiger partial charge in [0.1, 0.15) is 0 Å². The summed E-state index contributed by atoms with van der Waals surface area (Å²) < 4.78 is 6.89. The predicted molar refractivity (Wildman–Crippen MR) is 87.8 cm³/mol. The molecule has 1 aromatic carbocycles. The zero-order chi connectivity index (χ0) is 16.9. The molecule has 0 radical (unpaired) electrons. The molecule has 0 saturated carbocycles. The van der Waals surface area contributed by atoms with Gasteiger partial charge in [-0.25, -0.2) is 4.68 Å². The Balaban J connectivity index is 2.22. The van der Waals surface area contributed by atoms with E-state index in [1.54, 1.807) is 18.0 Å². The summed E-state index contributed by atoms with van der Waals surface area (Å²) in [5.41, 5.74) is 1.55. The van der Waals surface area contributed by atoms with E-state index in [9.17, 15) is 9.90 Å². The summed E-state index contributed by atoms with van der Waals surface area (Å²) in [4.78, 5) is 12.6. The van der Waals surface area contributed by atoms with Crippen molar-refractivity contribution in [3.63, 3.8) is 0 Å². The first-order valence-corrected chi connectivity index (χ1v) is 7.53. The Hall–Kier alpha value is -2.18. The van der Waals surface area contributed by atoms with E-state index in [0.717, 1.165) is 11.4 Å². The van der Waals surface area contributed by atoms with Crippen LogP contribution >= 0.6 is 0 Å². The second-order valence-corrected chi connectivity index (χ2v) is 5.81. The number of carbonyl (C=O) groups excluding carboxylic acids is 1. The normalized spacial score (nSPS) is 13.6. The molecule has 0 saturated heterocycles. The number of hydrogen-bond acceptors (Lipinski definition) is 4. The third-order valence-corrected chi connectivity index (χ3v) is 3.80. The van der Waals surface area contributed by atoms with Crippen molar-refractivity contribution >= 4 is 5.91 Å². The van der Waals surface area contributed by atoms with Crippen molar-refractivity contribution in [2.75, 3.05) is 20.3 Å². The molecule has 0 aliphatic carbocycles. The van der Waals surface area contributed by atoms with Crippen LogP contribution in [0.3, 0.4) is 0 Å². The number of amides is 1. The van der Waals surface area contributed by atoms with Gasteiger partial charge < -0.3 is 15.2 Å². The van der Waals surface area contributed by atoms with Crippen LogP contribution in [0.1, 0.15) is 29.4 Å². The van der Waals surface area contributed by atoms with Gasteiger partial charge in [0.15, 0.2) is 0 Å². The number of methoxy groups -OCH3 is 1. The molecule has 6 heteroatoms. The Labute approximate surface area is 136 Å². The largest absolute Gasteiger partial charge is 0.396 e. The van der Waals surface area contributed by atoms with E-state index >= 15 is 0 Å². The fourth-order valence-electron chi connectivity index (χ4n) is 2.54. The van der Waals surface area contributed by atoms with E-state index in [1.165, 1.54) is 0 Å². The standard InChI is InChI=1S/C17H23N3O3/c1-13-15(11-18-20(13)14-7-5-4-6-8-14)16(22)19-17(2,9-10-21)12-23-3/h4-8,11,21H,9-10,12H2,1-3H3,(H,19,22). The number of nitrogens with one attached hydrogen (secondary N) is 1. The van der Waals surface area contributed by atoms with Crippen LogP contribution < -0.4 is 5.32 Å². The summed E-state index contributed by atoms with van der Waals surface area (Å²) >= 11 is 0. The third kappa shape index (κ3) is 3.97. The van der Waals surface area contributed by atoms with Crippen LogP contribution in [0.2, 0.25) is 0 Å². The first kappa shape index (κ1) is 17.2. The van der Waals surface area contributed by atoms with Crippen LogP contribution in [0.15, 0.2) is 36.5 Å². The van der Waals surface area contributed by atoms with E-state index in [-0.39, 0.29) is 12.5 Å². The van der Waals surface area contributed by atoms with Crippen LogP contribution in [0.5, 0.6) is 0 Å². The van der Waals surface area contributed by atoms with Gasteiger partial charge in [0.25, 0.3) is 5.91 Å². The van der Waals surface area contributed by atoms with E-state index < -0.39 is 5.54 Å². The topological polar surface area (TPSA) is 76.4 Å². The van der Waals surface area contributed by atoms with Crippen molar-refractivity contribution in [2.24, 2.45) is 0 Å². The highest BCUT2D eigenvalue weighted by atomic mass is 16.5. The molecule has 1 aromatic heterocycles. The maximum atomic E-state index is 12.6. The van der Waals surface area contributed by atoms with Gasteiger partial charge in [-0.05, 0) is 32.4 Å². The predicted octanol–water partition coefficient (Wildman–Crippen LogP) is 1.70. The summed E-state index contributed by atoms with van der Waals surface area (Å²) in [5.74, 6) is -0.224. The maximum Gasteiger partial charge on any atom is 0.255 e. The number of ether oxygens (including phenoxy) is 1. The van der Waals surface area contributed by atoms with Gasteiger partial charge in [0, 0.05) is 13.7 Å². The van der Waals surface area contributed by atoms with E-state index in [0.29, 0.717) is 18.6 Å². The molecule has 0 fully saturated rings. The lowest BCUT2D eigenvalue weighted by Gasteiger charge is -2.29. The van der Waals surface area contributed by atoms with Crippen molar-refractivity contribution < 1.29 is 14.6 Å². The van der Waals surface area contributed by atoms with E-state index in [1.807, 2.05) is 44.2 Å². The number of para-hydroxylation sites is 1. The van der Waals surface area contributed by atoms with Gasteiger partial charge in [-0.1, -0.05) is 18.2 Å². The molecule has 2 aromatic rings. The van der Waals surface area contributed by atoms with Gasteiger partial charge in [-0.2, -0.15) is 5.10 Å². The first-order valence-electron chi connectivity index (χ1n) is 7.53. The quantitative estimate of drug-likeness (QED) is 0.815. The van der Waals surface area contributed by atoms with Crippen LogP contribution in [0.25, 0.3) is 5.69 Å². The molecular formula is C17H23N3O3. The maximum absolute atomic E-state index is 12.6. The van der Waals surface area contributed by atoms with Crippen molar-refractivity contribution in [1.29, 1.82) is 0 Å². The number of aromatic nitrogens is 2. The number of hydrogen-bond donors (Lipinski definition) is 2. The Morgan fingerprint density at radius 2 is 2.09 bits per heavy atom. The number of nitrogens with zero attached hydrogens (tertiary/aromatic N) is 2. The lowest BCUT2D eigenvalue weighted by atomic mass is 9.98. The lowest BCUT2D eigenvalue weighted by molar-refractivity contribution is 0.0725. The second kappa shape index (κ2) is 7.39. The summed E-state index contributed by atoms with van der Waals surface area (Å²) in [7, 11) is 1.57. The van der Waals surface area contributed by atoms with Crippen molar-refractivity contribution in [1.82, 2.24) is 15.1 Å². The van der Waals surface area contributed by atoms with Crippen molar-refractivity contribution in [3.05, 3.63) is 47.8 Å². The Bertz CT molecular complexity index is 646. The van der Waals surface area contributed by atoms with Crippen LogP contribution in [0, 0.1) is 6.92 Å². The number of aliphatic hydroxyl groups excluding tert-OH is 1. The summed E-state index contributed by atoms with van der Waals surface area (Å²) in [5, 5.41) is 16.4. The molecule has 1 unspecified atom stereocenters. The monoisotopic (exact) mass is 317 g/mol. The molecule has 1 heterocycles. The average Bonchev–Trinajstić information content (AvgIpc) is 2.90. The molecule has 0 aliphatic heterocycles. The third-order valence-electron chi connectivity index (χ3n) is 3.80. The molecule has 1 atom stereocenters. The molecule has 2 rings (SSSR count). The smallest absolute Gasteiger partial charge is 0.255 e. The van der Waals surface area contributed by atoms with Gasteiger partial charge in [0.05, 0.1) is 35.3 Å². The van der Waals surface area contributed by atoms with Crippen LogP contribution in [-0.2, 0) is 4.74 Å². The number of carbonyl (C=O) groups is 1. The van der Waals surface area contributed by atoms with Crippen LogP contribution in [-0.4, -0.2) is 46.7 Å². The zero-order valence-electron chi connectivity index (χ0n) is 13.7. The fraction of sp³-hybridized carbons (Fsp3) is 0.412. The van der Waals surface area contributed by atoms with Gasteiger partial charge in [-0.3, -0.25) is 4.79 Å². The Kier molecular flexibility index (Phi) is 5.52. The minimum atomic E-state index is -0.623. The number of aliphatic hydroxyl groups is 1. The molecule has 23 heavy (non-hydrogen) atoms. The number of rotatable bonds is 7. The molecule has 0 bridgehead atoms. The highest BCUT2D eigenvalue weighted by molar-refractivity contribution is 5.95. The lowest BCUT2D eigenvalue weighted by Crippen LogP contribution is -2.50. The van der Waals surface area contributed by atoms with Gasteiger partial charge in [-0.15, -0.1) is 0 Å². The van der Waals surface area contributed by atoms with Crippen LogP contribution in [0.4, 0.5) is 0 Å². The first-order chi connectivity index (χ1) is 11.0. The molecule has 6 nitrogen and oxygen atoms in total. The highest BCUT2D eigenvalue weighted by Gasteiger charge is 2.28. The minimum Gasteiger partial charge on any atom is -0.396 e. The molecular weight excluding hydrogens is 294 g/mol. The summed E-state index contributed by atoms with van der Waals surface area (Å²) in [6.07, 6.45) is 1.97. The molecule has 0 aliphatic rings. The minimum absolute atomic E-state index is 0.0254. The van der Waals surface area contributed by atoms with E-state index in [4.69, 9.17) is 4.74 Å². The molecule has 124 valence electrons. The van der Waals surface area contributed by atoms with Crippen molar-refractivity contribution in [3.8, 4) is 5.69 Å².